The summed E-state index contributed by atoms with van der Waals surface area (Å²) < 4.78 is 1.02. The second kappa shape index (κ2) is 5.45. The number of halogens is 1. The summed E-state index contributed by atoms with van der Waals surface area (Å²) in [6, 6.07) is 17.9. The summed E-state index contributed by atoms with van der Waals surface area (Å²) in [5, 5.41) is 2.11. The number of carbonyl (C=O) groups is 1. The Morgan fingerprint density at radius 1 is 0.905 bits per heavy atom. The van der Waals surface area contributed by atoms with Gasteiger partial charge in [-0.1, -0.05) is 52.3 Å². The van der Waals surface area contributed by atoms with Gasteiger partial charge in [0.2, 0.25) is 0 Å². The van der Waals surface area contributed by atoms with Crippen molar-refractivity contribution in [3.8, 4) is 0 Å². The van der Waals surface area contributed by atoms with E-state index in [1.807, 2.05) is 62.4 Å². The molecule has 0 aliphatic rings. The first-order valence-corrected chi connectivity index (χ1v) is 7.66. The van der Waals surface area contributed by atoms with E-state index in [2.05, 4.69) is 22.0 Å². The molecule has 0 aliphatic heterocycles. The largest absolute Gasteiger partial charge is 0.289 e. The monoisotopic (exact) mass is 338 g/mol. The number of benzene rings is 3. The van der Waals surface area contributed by atoms with Crippen molar-refractivity contribution < 1.29 is 4.79 Å². The number of hydrogen-bond acceptors (Lipinski definition) is 1. The SMILES string of the molecule is Cc1cc(C(=O)c2c(C)ccc3ccccc23)ccc1Br. The lowest BCUT2D eigenvalue weighted by atomic mass is 9.93. The van der Waals surface area contributed by atoms with E-state index in [1.54, 1.807) is 0 Å². The smallest absolute Gasteiger partial charge is 0.193 e. The molecule has 3 aromatic rings. The predicted octanol–water partition coefficient (Wildman–Crippen LogP) is 5.45. The first-order valence-electron chi connectivity index (χ1n) is 6.87. The van der Waals surface area contributed by atoms with Crippen LogP contribution in [-0.4, -0.2) is 5.78 Å². The molecule has 0 bridgehead atoms. The Labute approximate surface area is 132 Å². The molecule has 2 heteroatoms. The molecule has 21 heavy (non-hydrogen) atoms. The second-order valence-electron chi connectivity index (χ2n) is 5.27. The number of aryl methyl sites for hydroxylation is 2. The number of fused-ring (bicyclic) bond motifs is 1. The molecule has 0 aliphatic carbocycles. The first kappa shape index (κ1) is 14.0. The number of rotatable bonds is 2. The van der Waals surface area contributed by atoms with Gasteiger partial charge in [-0.15, -0.1) is 0 Å². The van der Waals surface area contributed by atoms with Gasteiger partial charge in [-0.3, -0.25) is 4.79 Å². The van der Waals surface area contributed by atoms with E-state index in [1.165, 1.54) is 0 Å². The Bertz CT molecular complexity index is 849. The Balaban J connectivity index is 2.21. The highest BCUT2D eigenvalue weighted by atomic mass is 79.9. The topological polar surface area (TPSA) is 17.1 Å². The van der Waals surface area contributed by atoms with Crippen LogP contribution in [-0.2, 0) is 0 Å². The highest BCUT2D eigenvalue weighted by molar-refractivity contribution is 9.10. The summed E-state index contributed by atoms with van der Waals surface area (Å²) >= 11 is 3.48. The zero-order valence-corrected chi connectivity index (χ0v) is 13.6. The molecule has 0 N–H and O–H groups in total. The van der Waals surface area contributed by atoms with Gasteiger partial charge in [0.15, 0.2) is 5.78 Å². The number of carbonyl (C=O) groups excluding carboxylic acids is 1. The fraction of sp³-hybridized carbons (Fsp3) is 0.105. The van der Waals surface area contributed by atoms with Gasteiger partial charge in [-0.2, -0.15) is 0 Å². The average molecular weight is 339 g/mol. The second-order valence-corrected chi connectivity index (χ2v) is 6.13. The minimum absolute atomic E-state index is 0.0832. The first-order chi connectivity index (χ1) is 10.1. The van der Waals surface area contributed by atoms with Gasteiger partial charge < -0.3 is 0 Å². The molecule has 0 atom stereocenters. The van der Waals surface area contributed by atoms with E-state index in [0.29, 0.717) is 0 Å². The third kappa shape index (κ3) is 2.52. The minimum atomic E-state index is 0.0832. The fourth-order valence-electron chi connectivity index (χ4n) is 2.61. The standard InChI is InChI=1S/C19H15BrO/c1-12-7-8-14-5-3-4-6-16(14)18(12)19(21)15-9-10-17(20)13(2)11-15/h3-11H,1-2H3. The van der Waals surface area contributed by atoms with E-state index >= 15 is 0 Å². The third-order valence-electron chi connectivity index (χ3n) is 3.78. The van der Waals surface area contributed by atoms with Gasteiger partial charge in [0.25, 0.3) is 0 Å². The van der Waals surface area contributed by atoms with Crippen LogP contribution in [0.4, 0.5) is 0 Å². The normalized spacial score (nSPS) is 10.8. The molecule has 0 heterocycles. The van der Waals surface area contributed by atoms with Gasteiger partial charge in [-0.25, -0.2) is 0 Å². The van der Waals surface area contributed by atoms with Crippen molar-refractivity contribution in [3.63, 3.8) is 0 Å². The highest BCUT2D eigenvalue weighted by Crippen LogP contribution is 2.26. The fourth-order valence-corrected chi connectivity index (χ4v) is 2.86. The van der Waals surface area contributed by atoms with Crippen molar-refractivity contribution in [2.24, 2.45) is 0 Å². The molecule has 3 rings (SSSR count). The minimum Gasteiger partial charge on any atom is -0.289 e. The van der Waals surface area contributed by atoms with Crippen LogP contribution in [0.2, 0.25) is 0 Å². The summed E-state index contributed by atoms with van der Waals surface area (Å²) in [4.78, 5) is 12.9. The summed E-state index contributed by atoms with van der Waals surface area (Å²) in [5.41, 5.74) is 3.61. The van der Waals surface area contributed by atoms with Gasteiger partial charge in [-0.05, 0) is 53.9 Å². The zero-order valence-electron chi connectivity index (χ0n) is 12.0. The quantitative estimate of drug-likeness (QED) is 0.568. The summed E-state index contributed by atoms with van der Waals surface area (Å²) in [5.74, 6) is 0.0832. The van der Waals surface area contributed by atoms with Crippen LogP contribution in [0.25, 0.3) is 10.8 Å². The van der Waals surface area contributed by atoms with E-state index in [4.69, 9.17) is 0 Å². The van der Waals surface area contributed by atoms with E-state index < -0.39 is 0 Å². The average Bonchev–Trinajstić information content (AvgIpc) is 2.49. The van der Waals surface area contributed by atoms with E-state index in [9.17, 15) is 4.79 Å². The van der Waals surface area contributed by atoms with E-state index in [0.717, 1.165) is 37.5 Å². The van der Waals surface area contributed by atoms with Crippen LogP contribution in [0, 0.1) is 13.8 Å². The molecular weight excluding hydrogens is 324 g/mol. The molecule has 0 radical (unpaired) electrons. The van der Waals surface area contributed by atoms with Crippen molar-refractivity contribution in [2.75, 3.05) is 0 Å². The third-order valence-corrected chi connectivity index (χ3v) is 4.67. The van der Waals surface area contributed by atoms with Crippen LogP contribution in [0.5, 0.6) is 0 Å². The summed E-state index contributed by atoms with van der Waals surface area (Å²) in [6.45, 7) is 3.99. The van der Waals surface area contributed by atoms with Crippen LogP contribution < -0.4 is 0 Å². The lowest BCUT2D eigenvalue weighted by Crippen LogP contribution is -2.05. The molecule has 104 valence electrons. The molecule has 0 saturated heterocycles. The Morgan fingerprint density at radius 3 is 2.43 bits per heavy atom. The van der Waals surface area contributed by atoms with Crippen LogP contribution in [0.3, 0.4) is 0 Å². The van der Waals surface area contributed by atoms with Gasteiger partial charge >= 0.3 is 0 Å². The van der Waals surface area contributed by atoms with Crippen molar-refractivity contribution >= 4 is 32.5 Å². The summed E-state index contributed by atoms with van der Waals surface area (Å²) in [7, 11) is 0. The molecule has 0 amide bonds. The van der Waals surface area contributed by atoms with Gasteiger partial charge in [0.05, 0.1) is 0 Å². The maximum Gasteiger partial charge on any atom is 0.193 e. The van der Waals surface area contributed by atoms with Crippen molar-refractivity contribution in [3.05, 3.63) is 81.3 Å². The molecule has 1 nitrogen and oxygen atoms in total. The van der Waals surface area contributed by atoms with Crippen molar-refractivity contribution in [1.29, 1.82) is 0 Å². The van der Waals surface area contributed by atoms with Crippen molar-refractivity contribution in [1.82, 2.24) is 0 Å². The molecule has 3 aromatic carbocycles. The van der Waals surface area contributed by atoms with Crippen LogP contribution >= 0.6 is 15.9 Å². The molecular formula is C19H15BrO. The zero-order chi connectivity index (χ0) is 15.0. The number of hydrogen-bond donors (Lipinski definition) is 0. The Hall–Kier alpha value is -1.93. The van der Waals surface area contributed by atoms with Crippen LogP contribution in [0.15, 0.2) is 59.1 Å². The molecule has 0 spiro atoms. The number of ketones is 1. The van der Waals surface area contributed by atoms with Gasteiger partial charge in [0.1, 0.15) is 0 Å². The summed E-state index contributed by atoms with van der Waals surface area (Å²) in [6.07, 6.45) is 0. The molecule has 0 fully saturated rings. The highest BCUT2D eigenvalue weighted by Gasteiger charge is 2.15. The molecule has 0 aromatic heterocycles. The maximum atomic E-state index is 12.9. The maximum absolute atomic E-state index is 12.9. The molecule has 0 saturated carbocycles. The van der Waals surface area contributed by atoms with E-state index in [-0.39, 0.29) is 5.78 Å². The lowest BCUT2D eigenvalue weighted by molar-refractivity contribution is 0.103. The molecule has 0 unspecified atom stereocenters. The Kier molecular flexibility index (Phi) is 3.64. The lowest BCUT2D eigenvalue weighted by Gasteiger charge is -2.10. The van der Waals surface area contributed by atoms with Crippen molar-refractivity contribution in [2.45, 2.75) is 13.8 Å². The van der Waals surface area contributed by atoms with Gasteiger partial charge in [0, 0.05) is 15.6 Å². The Morgan fingerprint density at radius 2 is 1.67 bits per heavy atom. The van der Waals surface area contributed by atoms with Crippen LogP contribution in [0.1, 0.15) is 27.0 Å². The predicted molar refractivity (Wildman–Crippen MR) is 91.0 cm³/mol.